The summed E-state index contributed by atoms with van der Waals surface area (Å²) in [6.45, 7) is 0.684. The summed E-state index contributed by atoms with van der Waals surface area (Å²) < 4.78 is 1.95. The van der Waals surface area contributed by atoms with Crippen molar-refractivity contribution in [3.8, 4) is 6.07 Å². The fourth-order valence-electron chi connectivity index (χ4n) is 2.06. The third-order valence-corrected chi connectivity index (χ3v) is 2.94. The minimum absolute atomic E-state index is 0.684. The van der Waals surface area contributed by atoms with Crippen LogP contribution >= 0.6 is 0 Å². The molecule has 0 saturated carbocycles. The molecule has 1 heterocycles. The number of nitrogens with zero attached hydrogens (tertiary/aromatic N) is 3. The van der Waals surface area contributed by atoms with E-state index in [1.807, 2.05) is 53.3 Å². The predicted octanol–water partition coefficient (Wildman–Crippen LogP) is 2.96. The van der Waals surface area contributed by atoms with Crippen LogP contribution in [-0.4, -0.2) is 9.78 Å². The molecule has 0 saturated heterocycles. The Morgan fingerprint density at radius 3 is 2.89 bits per heavy atom. The van der Waals surface area contributed by atoms with Crippen LogP contribution in [0.3, 0.4) is 0 Å². The van der Waals surface area contributed by atoms with Gasteiger partial charge in [0.15, 0.2) is 0 Å². The first-order chi connectivity index (χ1) is 8.86. The second-order valence-corrected chi connectivity index (χ2v) is 4.17. The highest BCUT2D eigenvalue weighted by atomic mass is 15.3. The van der Waals surface area contributed by atoms with E-state index in [4.69, 9.17) is 5.26 Å². The summed E-state index contributed by atoms with van der Waals surface area (Å²) in [5.74, 6) is 0. The van der Waals surface area contributed by atoms with Crippen molar-refractivity contribution >= 4 is 10.9 Å². The molecule has 0 aliphatic heterocycles. The van der Waals surface area contributed by atoms with Gasteiger partial charge in [0.1, 0.15) is 0 Å². The zero-order chi connectivity index (χ0) is 12.4. The van der Waals surface area contributed by atoms with E-state index in [0.29, 0.717) is 12.1 Å². The summed E-state index contributed by atoms with van der Waals surface area (Å²) in [4.78, 5) is 0. The average Bonchev–Trinajstić information content (AvgIpc) is 2.83. The molecule has 0 unspecified atom stereocenters. The number of hydrogen-bond donors (Lipinski definition) is 0. The first kappa shape index (κ1) is 10.5. The van der Waals surface area contributed by atoms with E-state index in [1.165, 1.54) is 0 Å². The minimum Gasteiger partial charge on any atom is -0.260 e. The van der Waals surface area contributed by atoms with Crippen molar-refractivity contribution in [2.24, 2.45) is 0 Å². The van der Waals surface area contributed by atoms with Gasteiger partial charge in [-0.25, -0.2) is 0 Å². The molecule has 1 aromatic heterocycles. The van der Waals surface area contributed by atoms with E-state index in [0.717, 1.165) is 16.5 Å². The summed E-state index contributed by atoms with van der Waals surface area (Å²) in [5, 5.41) is 14.4. The molecule has 86 valence electrons. The molecule has 0 atom stereocenters. The Morgan fingerprint density at radius 2 is 2.00 bits per heavy atom. The van der Waals surface area contributed by atoms with E-state index in [2.05, 4.69) is 17.2 Å². The highest BCUT2D eigenvalue weighted by Crippen LogP contribution is 2.14. The topological polar surface area (TPSA) is 41.6 Å². The molecule has 0 aliphatic carbocycles. The van der Waals surface area contributed by atoms with Crippen LogP contribution in [0.25, 0.3) is 10.9 Å². The molecular weight excluding hydrogens is 222 g/mol. The Labute approximate surface area is 105 Å². The zero-order valence-corrected chi connectivity index (χ0v) is 9.74. The third kappa shape index (κ3) is 1.85. The van der Waals surface area contributed by atoms with Gasteiger partial charge in [0.25, 0.3) is 0 Å². The Hall–Kier alpha value is -2.60. The standard InChI is InChI=1S/C15H11N3/c16-9-12-4-3-5-13(8-12)11-18-15-7-2-1-6-14(15)10-17-18/h1-8,10H,11H2. The maximum absolute atomic E-state index is 8.89. The summed E-state index contributed by atoms with van der Waals surface area (Å²) >= 11 is 0. The molecule has 18 heavy (non-hydrogen) atoms. The van der Waals surface area contributed by atoms with Crippen LogP contribution in [-0.2, 0) is 6.54 Å². The van der Waals surface area contributed by atoms with E-state index in [-0.39, 0.29) is 0 Å². The SMILES string of the molecule is N#Cc1cccc(Cn2ncc3ccccc32)c1. The molecule has 0 N–H and O–H groups in total. The average molecular weight is 233 g/mol. The monoisotopic (exact) mass is 233 g/mol. The van der Waals surface area contributed by atoms with Crippen molar-refractivity contribution in [3.63, 3.8) is 0 Å². The Balaban J connectivity index is 1.99. The lowest BCUT2D eigenvalue weighted by molar-refractivity contribution is 0.712. The van der Waals surface area contributed by atoms with Crippen LogP contribution in [0, 0.1) is 11.3 Å². The minimum atomic E-state index is 0.684. The smallest absolute Gasteiger partial charge is 0.0991 e. The van der Waals surface area contributed by atoms with E-state index >= 15 is 0 Å². The Bertz CT molecular complexity index is 735. The molecular formula is C15H11N3. The van der Waals surface area contributed by atoms with E-state index in [1.54, 1.807) is 0 Å². The van der Waals surface area contributed by atoms with Crippen molar-refractivity contribution in [2.75, 3.05) is 0 Å². The molecule has 3 aromatic rings. The largest absolute Gasteiger partial charge is 0.260 e. The quantitative estimate of drug-likeness (QED) is 0.682. The highest BCUT2D eigenvalue weighted by Gasteiger charge is 2.02. The number of rotatable bonds is 2. The second-order valence-electron chi connectivity index (χ2n) is 4.17. The number of nitriles is 1. The van der Waals surface area contributed by atoms with Crippen molar-refractivity contribution in [2.45, 2.75) is 6.54 Å². The molecule has 0 bridgehead atoms. The molecule has 3 rings (SSSR count). The van der Waals surface area contributed by atoms with Gasteiger partial charge in [-0.3, -0.25) is 4.68 Å². The second kappa shape index (κ2) is 4.34. The fourth-order valence-corrected chi connectivity index (χ4v) is 2.06. The van der Waals surface area contributed by atoms with E-state index < -0.39 is 0 Å². The molecule has 0 spiro atoms. The van der Waals surface area contributed by atoms with Gasteiger partial charge in [-0.2, -0.15) is 10.4 Å². The van der Waals surface area contributed by atoms with E-state index in [9.17, 15) is 0 Å². The van der Waals surface area contributed by atoms with Gasteiger partial charge < -0.3 is 0 Å². The molecule has 3 nitrogen and oxygen atoms in total. The number of para-hydroxylation sites is 1. The lowest BCUT2D eigenvalue weighted by Gasteiger charge is -2.04. The first-order valence-electron chi connectivity index (χ1n) is 5.76. The first-order valence-corrected chi connectivity index (χ1v) is 5.76. The maximum Gasteiger partial charge on any atom is 0.0991 e. The summed E-state index contributed by atoms with van der Waals surface area (Å²) in [7, 11) is 0. The van der Waals surface area contributed by atoms with Crippen molar-refractivity contribution in [1.82, 2.24) is 9.78 Å². The lowest BCUT2D eigenvalue weighted by Crippen LogP contribution is -2.01. The summed E-state index contributed by atoms with van der Waals surface area (Å²) in [6.07, 6.45) is 1.86. The predicted molar refractivity (Wildman–Crippen MR) is 70.0 cm³/mol. The zero-order valence-electron chi connectivity index (χ0n) is 9.74. The molecule has 2 aromatic carbocycles. The van der Waals surface area contributed by atoms with Gasteiger partial charge in [-0.1, -0.05) is 30.3 Å². The van der Waals surface area contributed by atoms with Crippen molar-refractivity contribution < 1.29 is 0 Å². The van der Waals surface area contributed by atoms with Gasteiger partial charge >= 0.3 is 0 Å². The molecule has 3 heteroatoms. The number of aromatic nitrogens is 2. The molecule has 0 amide bonds. The van der Waals surface area contributed by atoms with Gasteiger partial charge in [0, 0.05) is 5.39 Å². The molecule has 0 radical (unpaired) electrons. The summed E-state index contributed by atoms with van der Waals surface area (Å²) in [5.41, 5.74) is 2.88. The van der Waals surface area contributed by atoms with Crippen molar-refractivity contribution in [3.05, 3.63) is 65.9 Å². The van der Waals surface area contributed by atoms with Gasteiger partial charge in [0.2, 0.25) is 0 Å². The molecule has 0 aliphatic rings. The van der Waals surface area contributed by atoms with Gasteiger partial charge in [-0.05, 0) is 23.8 Å². The maximum atomic E-state index is 8.89. The number of fused-ring (bicyclic) bond motifs is 1. The van der Waals surface area contributed by atoms with Crippen molar-refractivity contribution in [1.29, 1.82) is 5.26 Å². The van der Waals surface area contributed by atoms with Crippen LogP contribution in [0.2, 0.25) is 0 Å². The Morgan fingerprint density at radius 1 is 1.11 bits per heavy atom. The normalized spacial score (nSPS) is 10.4. The number of benzene rings is 2. The van der Waals surface area contributed by atoms with Crippen LogP contribution in [0.15, 0.2) is 54.7 Å². The van der Waals surface area contributed by atoms with Crippen LogP contribution in [0.5, 0.6) is 0 Å². The highest BCUT2D eigenvalue weighted by molar-refractivity contribution is 5.78. The lowest BCUT2D eigenvalue weighted by atomic mass is 10.1. The fraction of sp³-hybridized carbons (Fsp3) is 0.0667. The van der Waals surface area contributed by atoms with Gasteiger partial charge in [0.05, 0.1) is 29.9 Å². The number of hydrogen-bond acceptors (Lipinski definition) is 2. The third-order valence-electron chi connectivity index (χ3n) is 2.94. The van der Waals surface area contributed by atoms with Crippen LogP contribution < -0.4 is 0 Å². The van der Waals surface area contributed by atoms with Gasteiger partial charge in [-0.15, -0.1) is 0 Å². The molecule has 0 fully saturated rings. The van der Waals surface area contributed by atoms with Crippen LogP contribution in [0.4, 0.5) is 0 Å². The summed E-state index contributed by atoms with van der Waals surface area (Å²) in [6, 6.07) is 17.9. The van der Waals surface area contributed by atoms with Crippen LogP contribution in [0.1, 0.15) is 11.1 Å². The Kier molecular flexibility index (Phi) is 2.54.